The van der Waals surface area contributed by atoms with Crippen molar-refractivity contribution < 1.29 is 4.79 Å². The van der Waals surface area contributed by atoms with E-state index >= 15 is 0 Å². The third kappa shape index (κ3) is 3.70. The van der Waals surface area contributed by atoms with E-state index < -0.39 is 5.54 Å². The van der Waals surface area contributed by atoms with Gasteiger partial charge in [-0.2, -0.15) is 0 Å². The van der Waals surface area contributed by atoms with Gasteiger partial charge in [0, 0.05) is 30.5 Å². The number of Topliss-reactive ketones (excluding diaryl/α,β-unsaturated/α-hetero) is 1. The molecule has 4 nitrogen and oxygen atoms in total. The van der Waals surface area contributed by atoms with Crippen LogP contribution < -0.4 is 0 Å². The molecule has 1 aliphatic heterocycles. The smallest absolute Gasteiger partial charge is 0.161 e. The van der Waals surface area contributed by atoms with Crippen LogP contribution >= 0.6 is 11.5 Å². The fraction of sp³-hybridized carbons (Fsp3) is 0.148. The molecule has 3 aromatic carbocycles. The number of carbonyl (C=O) groups is 1. The Morgan fingerprint density at radius 2 is 1.34 bits per heavy atom. The molecule has 5 heteroatoms. The van der Waals surface area contributed by atoms with Crippen LogP contribution in [0.15, 0.2) is 102 Å². The van der Waals surface area contributed by atoms with Crippen LogP contribution in [0.4, 0.5) is 0 Å². The summed E-state index contributed by atoms with van der Waals surface area (Å²) in [4.78, 5) is 15.3. The van der Waals surface area contributed by atoms with Crippen molar-refractivity contribution in [2.45, 2.75) is 12.0 Å². The minimum absolute atomic E-state index is 0.178. The van der Waals surface area contributed by atoms with Crippen LogP contribution in [0.5, 0.6) is 0 Å². The maximum Gasteiger partial charge on any atom is 0.161 e. The molecule has 0 aliphatic carbocycles. The van der Waals surface area contributed by atoms with Gasteiger partial charge in [-0.3, -0.25) is 9.69 Å². The molecular weight excluding hydrogens is 414 g/mol. The van der Waals surface area contributed by atoms with Crippen LogP contribution in [0.1, 0.15) is 28.8 Å². The second-order valence-electron chi connectivity index (χ2n) is 7.90. The Morgan fingerprint density at radius 3 is 1.81 bits per heavy atom. The summed E-state index contributed by atoms with van der Waals surface area (Å²) in [5.74, 6) is 0.178. The highest BCUT2D eigenvalue weighted by Gasteiger charge is 2.44. The first kappa shape index (κ1) is 20.5. The molecule has 0 N–H and O–H groups in total. The van der Waals surface area contributed by atoms with Gasteiger partial charge in [-0.05, 0) is 34.3 Å². The van der Waals surface area contributed by atoms with E-state index in [-0.39, 0.29) is 5.78 Å². The monoisotopic (exact) mass is 437 g/mol. The zero-order chi connectivity index (χ0) is 21.8. The molecule has 1 saturated heterocycles. The zero-order valence-electron chi connectivity index (χ0n) is 17.6. The van der Waals surface area contributed by atoms with Crippen molar-refractivity contribution in [1.82, 2.24) is 14.5 Å². The molecule has 4 aromatic rings. The minimum Gasteiger partial charge on any atom is -0.294 e. The maximum atomic E-state index is 12.9. The van der Waals surface area contributed by atoms with Gasteiger partial charge in [-0.25, -0.2) is 0 Å². The highest BCUT2D eigenvalue weighted by atomic mass is 32.1. The van der Waals surface area contributed by atoms with Gasteiger partial charge >= 0.3 is 0 Å². The summed E-state index contributed by atoms with van der Waals surface area (Å²) in [5.41, 5.74) is 4.54. The number of benzene rings is 3. The van der Waals surface area contributed by atoms with Crippen LogP contribution in [0.2, 0.25) is 0 Å². The third-order valence-electron chi connectivity index (χ3n) is 6.08. The Kier molecular flexibility index (Phi) is 5.75. The molecule has 0 saturated carbocycles. The van der Waals surface area contributed by atoms with Crippen LogP contribution in [0.25, 0.3) is 6.08 Å². The lowest BCUT2D eigenvalue weighted by Gasteiger charge is -2.47. The topological polar surface area (TPSA) is 46.1 Å². The van der Waals surface area contributed by atoms with Gasteiger partial charge in [-0.15, -0.1) is 5.10 Å². The van der Waals surface area contributed by atoms with E-state index in [2.05, 4.69) is 87.3 Å². The van der Waals surface area contributed by atoms with Gasteiger partial charge in [0.2, 0.25) is 0 Å². The van der Waals surface area contributed by atoms with Gasteiger partial charge in [0.15, 0.2) is 5.78 Å². The summed E-state index contributed by atoms with van der Waals surface area (Å²) in [7, 11) is 0. The summed E-state index contributed by atoms with van der Waals surface area (Å²) < 4.78 is 3.95. The third-order valence-corrected chi connectivity index (χ3v) is 6.60. The average Bonchev–Trinajstić information content (AvgIpc) is 3.37. The first-order chi connectivity index (χ1) is 15.8. The summed E-state index contributed by atoms with van der Waals surface area (Å²) >= 11 is 1.30. The number of aromatic nitrogens is 2. The van der Waals surface area contributed by atoms with E-state index in [4.69, 9.17) is 0 Å². The van der Waals surface area contributed by atoms with E-state index in [0.29, 0.717) is 19.5 Å². The normalized spacial score (nSPS) is 16.4. The van der Waals surface area contributed by atoms with Crippen molar-refractivity contribution in [2.75, 3.05) is 13.1 Å². The molecule has 5 rings (SSSR count). The average molecular weight is 438 g/mol. The minimum atomic E-state index is -0.524. The van der Waals surface area contributed by atoms with Crippen molar-refractivity contribution >= 4 is 23.4 Å². The van der Waals surface area contributed by atoms with Crippen LogP contribution in [-0.4, -0.2) is 33.4 Å². The van der Waals surface area contributed by atoms with Gasteiger partial charge < -0.3 is 0 Å². The summed E-state index contributed by atoms with van der Waals surface area (Å²) in [6, 6.07) is 31.8. The van der Waals surface area contributed by atoms with Gasteiger partial charge in [-0.1, -0.05) is 95.5 Å². The predicted octanol–water partition coefficient (Wildman–Crippen LogP) is 5.19. The molecule has 1 aliphatic rings. The molecule has 0 atom stereocenters. The lowest BCUT2D eigenvalue weighted by Crippen LogP contribution is -2.52. The van der Waals surface area contributed by atoms with Gasteiger partial charge in [0.1, 0.15) is 0 Å². The molecule has 0 amide bonds. The van der Waals surface area contributed by atoms with E-state index in [1.54, 1.807) is 0 Å². The molecule has 158 valence electrons. The summed E-state index contributed by atoms with van der Waals surface area (Å²) in [6.45, 7) is 1.21. The lowest BCUT2D eigenvalue weighted by molar-refractivity contribution is -0.117. The lowest BCUT2D eigenvalue weighted by atomic mass is 9.74. The Morgan fingerprint density at radius 1 is 0.812 bits per heavy atom. The molecule has 0 unspecified atom stereocenters. The molecule has 32 heavy (non-hydrogen) atoms. The fourth-order valence-electron chi connectivity index (χ4n) is 4.68. The van der Waals surface area contributed by atoms with Crippen molar-refractivity contribution in [3.05, 3.63) is 124 Å². The van der Waals surface area contributed by atoms with E-state index in [9.17, 15) is 4.79 Å². The number of ketones is 1. The van der Waals surface area contributed by atoms with Gasteiger partial charge in [0.05, 0.1) is 11.2 Å². The van der Waals surface area contributed by atoms with Crippen molar-refractivity contribution in [2.24, 2.45) is 0 Å². The first-order valence-electron chi connectivity index (χ1n) is 10.7. The second kappa shape index (κ2) is 8.99. The standard InChI is InChI=1S/C27H23N3OS/c31-26-16-17-30(19-21(26)18-25-20-32-29-28-25)27(22-10-4-1-5-11-22,23-12-6-2-7-13-23)24-14-8-3-9-15-24/h1-15,18,20H,16-17,19H2/b21-18-. The SMILES string of the molecule is O=C1CCN(C(c2ccccc2)(c2ccccc2)c2ccccc2)C/C1=C/c1csnn1. The Balaban J connectivity index is 1.72. The Hall–Kier alpha value is -3.41. The Labute approximate surface area is 192 Å². The van der Waals surface area contributed by atoms with E-state index in [1.807, 2.05) is 29.7 Å². The molecule has 0 spiro atoms. The predicted molar refractivity (Wildman–Crippen MR) is 128 cm³/mol. The van der Waals surface area contributed by atoms with Crippen LogP contribution in [-0.2, 0) is 10.3 Å². The molecular formula is C27H23N3OS. The van der Waals surface area contributed by atoms with Crippen LogP contribution in [0.3, 0.4) is 0 Å². The number of hydrogen-bond acceptors (Lipinski definition) is 5. The molecule has 1 aromatic heterocycles. The Bertz CT molecular complexity index is 1110. The number of carbonyl (C=O) groups excluding carboxylic acids is 1. The van der Waals surface area contributed by atoms with Crippen molar-refractivity contribution in [3.63, 3.8) is 0 Å². The molecule has 0 radical (unpaired) electrons. The van der Waals surface area contributed by atoms with E-state index in [1.165, 1.54) is 28.2 Å². The van der Waals surface area contributed by atoms with Gasteiger partial charge in [0.25, 0.3) is 0 Å². The fourth-order valence-corrected chi connectivity index (χ4v) is 5.09. The summed E-state index contributed by atoms with van der Waals surface area (Å²) in [5, 5.41) is 6.00. The highest BCUT2D eigenvalue weighted by Crippen LogP contribution is 2.43. The van der Waals surface area contributed by atoms with E-state index in [0.717, 1.165) is 11.3 Å². The van der Waals surface area contributed by atoms with Crippen molar-refractivity contribution in [3.8, 4) is 0 Å². The van der Waals surface area contributed by atoms with Crippen LogP contribution in [0, 0.1) is 0 Å². The largest absolute Gasteiger partial charge is 0.294 e. The highest BCUT2D eigenvalue weighted by molar-refractivity contribution is 7.03. The second-order valence-corrected chi connectivity index (χ2v) is 8.51. The number of nitrogens with zero attached hydrogens (tertiary/aromatic N) is 3. The number of piperidine rings is 1. The number of rotatable bonds is 5. The number of likely N-dealkylation sites (tertiary alicyclic amines) is 1. The summed E-state index contributed by atoms with van der Waals surface area (Å²) in [6.07, 6.45) is 2.36. The zero-order valence-corrected chi connectivity index (χ0v) is 18.4. The quantitative estimate of drug-likeness (QED) is 0.318. The maximum absolute atomic E-state index is 12.9. The van der Waals surface area contributed by atoms with Crippen molar-refractivity contribution in [1.29, 1.82) is 0 Å². The number of hydrogen-bond donors (Lipinski definition) is 0. The first-order valence-corrected chi connectivity index (χ1v) is 11.5. The molecule has 2 heterocycles. The molecule has 1 fully saturated rings. The molecule has 0 bridgehead atoms.